The molecule has 1 atom stereocenters. The Bertz CT molecular complexity index is 469. The Labute approximate surface area is 104 Å². The van der Waals surface area contributed by atoms with Crippen molar-refractivity contribution in [3.63, 3.8) is 0 Å². The summed E-state index contributed by atoms with van der Waals surface area (Å²) in [5, 5.41) is 11.4. The van der Waals surface area contributed by atoms with Crippen LogP contribution in [0, 0.1) is 11.4 Å². The van der Waals surface area contributed by atoms with Gasteiger partial charge in [-0.3, -0.25) is 4.79 Å². The van der Waals surface area contributed by atoms with E-state index in [4.69, 9.17) is 5.11 Å². The van der Waals surface area contributed by atoms with Gasteiger partial charge in [0.15, 0.2) is 0 Å². The molecule has 0 aromatic carbocycles. The van der Waals surface area contributed by atoms with E-state index in [1.54, 1.807) is 20.8 Å². The molecule has 1 aromatic rings. The molecule has 6 heteroatoms. The van der Waals surface area contributed by atoms with Crippen LogP contribution in [0.15, 0.2) is 18.2 Å². The van der Waals surface area contributed by atoms with Crippen LogP contribution in [-0.2, 0) is 4.79 Å². The van der Waals surface area contributed by atoms with Gasteiger partial charge >= 0.3 is 5.97 Å². The molecule has 1 heterocycles. The summed E-state index contributed by atoms with van der Waals surface area (Å²) in [5.41, 5.74) is -0.806. The molecule has 0 bridgehead atoms. The van der Waals surface area contributed by atoms with E-state index in [9.17, 15) is 14.0 Å². The molecular formula is C12H15FN2O3. The van der Waals surface area contributed by atoms with E-state index in [1.807, 2.05) is 0 Å². The molecule has 0 aliphatic rings. The summed E-state index contributed by atoms with van der Waals surface area (Å²) in [7, 11) is 0. The minimum absolute atomic E-state index is 0.148. The van der Waals surface area contributed by atoms with Crippen LogP contribution >= 0.6 is 0 Å². The van der Waals surface area contributed by atoms with Gasteiger partial charge in [-0.1, -0.05) is 26.8 Å². The van der Waals surface area contributed by atoms with Crippen molar-refractivity contribution in [2.24, 2.45) is 5.41 Å². The summed E-state index contributed by atoms with van der Waals surface area (Å²) in [6.07, 6.45) is 0. The first-order valence-electron chi connectivity index (χ1n) is 5.38. The number of nitrogens with one attached hydrogen (secondary N) is 1. The van der Waals surface area contributed by atoms with Gasteiger partial charge in [0.2, 0.25) is 5.95 Å². The van der Waals surface area contributed by atoms with Crippen molar-refractivity contribution in [3.8, 4) is 0 Å². The van der Waals surface area contributed by atoms with E-state index in [0.29, 0.717) is 0 Å². The number of carboxylic acid groups (broad SMARTS) is 1. The van der Waals surface area contributed by atoms with Crippen LogP contribution in [0.3, 0.4) is 0 Å². The third-order valence-electron chi connectivity index (χ3n) is 2.34. The average molecular weight is 254 g/mol. The molecular weight excluding hydrogens is 239 g/mol. The Hall–Kier alpha value is -1.98. The summed E-state index contributed by atoms with van der Waals surface area (Å²) in [5.74, 6) is -2.64. The van der Waals surface area contributed by atoms with Gasteiger partial charge in [-0.15, -0.1) is 0 Å². The minimum atomic E-state index is -1.15. The maximum Gasteiger partial charge on any atom is 0.326 e. The van der Waals surface area contributed by atoms with Crippen LogP contribution in [0.4, 0.5) is 4.39 Å². The molecule has 1 aromatic heterocycles. The fraction of sp³-hybridized carbons (Fsp3) is 0.417. The van der Waals surface area contributed by atoms with Gasteiger partial charge in [-0.2, -0.15) is 4.39 Å². The van der Waals surface area contributed by atoms with Gasteiger partial charge < -0.3 is 10.4 Å². The predicted molar refractivity (Wildman–Crippen MR) is 62.5 cm³/mol. The second-order valence-electron chi connectivity index (χ2n) is 4.96. The number of rotatable bonds is 3. The number of aromatic nitrogens is 1. The van der Waals surface area contributed by atoms with Gasteiger partial charge in [0, 0.05) is 0 Å². The molecule has 0 aliphatic carbocycles. The smallest absolute Gasteiger partial charge is 0.326 e. The van der Waals surface area contributed by atoms with Crippen LogP contribution in [0.25, 0.3) is 0 Å². The Balaban J connectivity index is 2.89. The van der Waals surface area contributed by atoms with Gasteiger partial charge in [-0.25, -0.2) is 9.78 Å². The number of halogens is 1. The standard InChI is InChI=1S/C12H15FN2O3/c1-12(2,3)9(11(17)18)15-10(16)7-5-4-6-8(13)14-7/h4-6,9H,1-3H3,(H,15,16)(H,17,18). The van der Waals surface area contributed by atoms with E-state index in [2.05, 4.69) is 10.3 Å². The van der Waals surface area contributed by atoms with Crippen molar-refractivity contribution in [2.75, 3.05) is 0 Å². The lowest BCUT2D eigenvalue weighted by Crippen LogP contribution is -2.49. The van der Waals surface area contributed by atoms with Gasteiger partial charge in [0.1, 0.15) is 11.7 Å². The Morgan fingerprint density at radius 2 is 2.00 bits per heavy atom. The lowest BCUT2D eigenvalue weighted by molar-refractivity contribution is -0.142. The molecule has 0 radical (unpaired) electrons. The number of aliphatic carboxylic acids is 1. The van der Waals surface area contributed by atoms with Crippen LogP contribution < -0.4 is 5.32 Å². The second-order valence-corrected chi connectivity index (χ2v) is 4.96. The van der Waals surface area contributed by atoms with Gasteiger partial charge in [0.05, 0.1) is 0 Å². The highest BCUT2D eigenvalue weighted by Gasteiger charge is 2.33. The monoisotopic (exact) mass is 254 g/mol. The summed E-state index contributed by atoms with van der Waals surface area (Å²) < 4.78 is 12.9. The molecule has 1 rings (SSSR count). The van der Waals surface area contributed by atoms with Gasteiger partial charge in [-0.05, 0) is 17.5 Å². The molecule has 0 spiro atoms. The molecule has 1 amide bonds. The van der Waals surface area contributed by atoms with Gasteiger partial charge in [0.25, 0.3) is 5.91 Å². The van der Waals surface area contributed by atoms with Crippen LogP contribution in [0.1, 0.15) is 31.3 Å². The van der Waals surface area contributed by atoms with E-state index < -0.39 is 29.3 Å². The summed E-state index contributed by atoms with van der Waals surface area (Å²) in [4.78, 5) is 26.2. The molecule has 98 valence electrons. The van der Waals surface area contributed by atoms with Crippen molar-refractivity contribution >= 4 is 11.9 Å². The zero-order valence-electron chi connectivity index (χ0n) is 10.4. The topological polar surface area (TPSA) is 79.3 Å². The molecule has 0 aliphatic heterocycles. The number of pyridine rings is 1. The average Bonchev–Trinajstić information content (AvgIpc) is 2.23. The Kier molecular flexibility index (Phi) is 4.00. The molecule has 18 heavy (non-hydrogen) atoms. The van der Waals surface area contributed by atoms with Crippen molar-refractivity contribution in [1.29, 1.82) is 0 Å². The van der Waals surface area contributed by atoms with E-state index in [-0.39, 0.29) is 5.69 Å². The van der Waals surface area contributed by atoms with Crippen LogP contribution in [0.2, 0.25) is 0 Å². The lowest BCUT2D eigenvalue weighted by Gasteiger charge is -2.27. The number of nitrogens with zero attached hydrogens (tertiary/aromatic N) is 1. The first-order valence-corrected chi connectivity index (χ1v) is 5.38. The van der Waals surface area contributed by atoms with E-state index in [0.717, 1.165) is 6.07 Å². The van der Waals surface area contributed by atoms with Crippen LogP contribution in [-0.4, -0.2) is 28.0 Å². The zero-order chi connectivity index (χ0) is 13.9. The lowest BCUT2D eigenvalue weighted by atomic mass is 9.86. The second kappa shape index (κ2) is 5.12. The third kappa shape index (κ3) is 3.51. The normalized spacial score (nSPS) is 12.9. The number of amides is 1. The summed E-state index contributed by atoms with van der Waals surface area (Å²) >= 11 is 0. The molecule has 0 saturated carbocycles. The SMILES string of the molecule is CC(C)(C)C(NC(=O)c1cccc(F)n1)C(=O)O. The number of hydrogen-bond donors (Lipinski definition) is 2. The summed E-state index contributed by atoms with van der Waals surface area (Å²) in [6, 6.07) is 2.69. The summed E-state index contributed by atoms with van der Waals surface area (Å²) in [6.45, 7) is 5.06. The minimum Gasteiger partial charge on any atom is -0.480 e. The zero-order valence-corrected chi connectivity index (χ0v) is 10.4. The molecule has 0 fully saturated rings. The Morgan fingerprint density at radius 1 is 1.39 bits per heavy atom. The van der Waals surface area contributed by atoms with E-state index >= 15 is 0 Å². The highest BCUT2D eigenvalue weighted by atomic mass is 19.1. The van der Waals surface area contributed by atoms with Crippen molar-refractivity contribution < 1.29 is 19.1 Å². The highest BCUT2D eigenvalue weighted by molar-refractivity contribution is 5.95. The fourth-order valence-corrected chi connectivity index (χ4v) is 1.39. The van der Waals surface area contributed by atoms with Crippen LogP contribution in [0.5, 0.6) is 0 Å². The largest absolute Gasteiger partial charge is 0.480 e. The molecule has 1 unspecified atom stereocenters. The van der Waals surface area contributed by atoms with Crippen molar-refractivity contribution in [1.82, 2.24) is 10.3 Å². The quantitative estimate of drug-likeness (QED) is 0.800. The molecule has 0 saturated heterocycles. The van der Waals surface area contributed by atoms with Crippen molar-refractivity contribution in [3.05, 3.63) is 29.8 Å². The fourth-order valence-electron chi connectivity index (χ4n) is 1.39. The predicted octanol–water partition coefficient (Wildman–Crippen LogP) is 1.45. The van der Waals surface area contributed by atoms with E-state index in [1.165, 1.54) is 12.1 Å². The highest BCUT2D eigenvalue weighted by Crippen LogP contribution is 2.19. The number of hydrogen-bond acceptors (Lipinski definition) is 3. The molecule has 2 N–H and O–H groups in total. The molecule has 5 nitrogen and oxygen atoms in total. The number of carbonyl (C=O) groups excluding carboxylic acids is 1. The third-order valence-corrected chi connectivity index (χ3v) is 2.34. The maximum atomic E-state index is 12.9. The maximum absolute atomic E-state index is 12.9. The first kappa shape index (κ1) is 14.1. The van der Waals surface area contributed by atoms with Crippen molar-refractivity contribution in [2.45, 2.75) is 26.8 Å². The Morgan fingerprint density at radius 3 is 2.44 bits per heavy atom. The number of carbonyl (C=O) groups is 2. The number of carboxylic acids is 1. The first-order chi connectivity index (χ1) is 8.21.